The largest absolute Gasteiger partial charge is 0.462 e. The summed E-state index contributed by atoms with van der Waals surface area (Å²) >= 11 is 0. The summed E-state index contributed by atoms with van der Waals surface area (Å²) in [6, 6.07) is 40.0. The molecule has 1 aromatic heterocycles. The Labute approximate surface area is 327 Å². The molecule has 0 radical (unpaired) electrons. The van der Waals surface area contributed by atoms with E-state index in [1.807, 2.05) is 0 Å². The number of nitriles is 1. The summed E-state index contributed by atoms with van der Waals surface area (Å²) in [5.41, 5.74) is 3.43. The van der Waals surface area contributed by atoms with E-state index in [2.05, 4.69) is 157 Å². The summed E-state index contributed by atoms with van der Waals surface area (Å²) in [7, 11) is -0.514. The number of anilines is 2. The van der Waals surface area contributed by atoms with Gasteiger partial charge in [0.1, 0.15) is 12.4 Å². The summed E-state index contributed by atoms with van der Waals surface area (Å²) in [5, 5.41) is 18.0. The van der Waals surface area contributed by atoms with Gasteiger partial charge in [0.2, 0.25) is 0 Å². The number of ether oxygens (including phenoxy) is 1. The molecule has 284 valence electrons. The molecule has 0 unspecified atom stereocenters. The number of hydrogen-bond acceptors (Lipinski definition) is 9. The van der Waals surface area contributed by atoms with Gasteiger partial charge in [-0.05, 0) is 46.8 Å². The molecule has 4 aromatic carbocycles. The van der Waals surface area contributed by atoms with Crippen LogP contribution in [0.25, 0.3) is 10.8 Å². The van der Waals surface area contributed by atoms with E-state index in [0.717, 1.165) is 57.1 Å². The molecule has 2 fully saturated rings. The summed E-state index contributed by atoms with van der Waals surface area (Å²) in [5.74, 6) is 0.953. The van der Waals surface area contributed by atoms with Crippen molar-refractivity contribution in [2.24, 2.45) is 0 Å². The van der Waals surface area contributed by atoms with Gasteiger partial charge < -0.3 is 24.3 Å². The highest BCUT2D eigenvalue weighted by atomic mass is 28.4. The molecule has 4 heterocycles. The van der Waals surface area contributed by atoms with Crippen molar-refractivity contribution in [2.75, 3.05) is 56.2 Å². The molecule has 1 N–H and O–H groups in total. The van der Waals surface area contributed by atoms with Crippen LogP contribution in [0, 0.1) is 11.3 Å². The smallest absolute Gasteiger partial charge is 0.318 e. The highest BCUT2D eigenvalue weighted by Gasteiger charge is 2.52. The normalized spacial score (nSPS) is 20.7. The van der Waals surface area contributed by atoms with Crippen LogP contribution in [0.2, 0.25) is 5.04 Å². The zero-order valence-electron chi connectivity index (χ0n) is 32.6. The summed E-state index contributed by atoms with van der Waals surface area (Å²) in [4.78, 5) is 17.5. The van der Waals surface area contributed by atoms with Crippen LogP contribution >= 0.6 is 0 Å². The molecule has 3 aliphatic heterocycles. The Morgan fingerprint density at radius 2 is 1.56 bits per heavy atom. The van der Waals surface area contributed by atoms with E-state index in [1.54, 1.807) is 0 Å². The molecular weight excluding hydrogens is 699 g/mol. The molecule has 10 heteroatoms. The number of benzene rings is 4. The number of piperazine rings is 1. The van der Waals surface area contributed by atoms with Gasteiger partial charge >= 0.3 is 6.01 Å². The van der Waals surface area contributed by atoms with Crippen molar-refractivity contribution in [3.63, 3.8) is 0 Å². The predicted octanol–water partition coefficient (Wildman–Crippen LogP) is 5.91. The van der Waals surface area contributed by atoms with Crippen molar-refractivity contribution in [2.45, 2.75) is 69.8 Å². The molecule has 55 heavy (non-hydrogen) atoms. The number of aromatic nitrogens is 2. The number of nitrogens with zero attached hydrogens (tertiary/aromatic N) is 6. The molecule has 5 aromatic rings. The minimum atomic E-state index is -2.69. The third-order valence-corrected chi connectivity index (χ3v) is 16.9. The fourth-order valence-electron chi connectivity index (χ4n) is 9.09. The Morgan fingerprint density at radius 1 is 0.855 bits per heavy atom. The summed E-state index contributed by atoms with van der Waals surface area (Å²) in [6.45, 7) is 12.2. The monoisotopic (exact) mass is 751 g/mol. The molecule has 0 amide bonds. The average Bonchev–Trinajstić information content (AvgIpc) is 3.56. The van der Waals surface area contributed by atoms with Gasteiger partial charge in [0.15, 0.2) is 0 Å². The molecule has 9 nitrogen and oxygen atoms in total. The second kappa shape index (κ2) is 15.8. The first-order valence-electron chi connectivity index (χ1n) is 19.8. The van der Waals surface area contributed by atoms with Gasteiger partial charge in [-0.1, -0.05) is 118 Å². The van der Waals surface area contributed by atoms with Gasteiger partial charge in [-0.25, -0.2) is 0 Å². The lowest BCUT2D eigenvalue weighted by molar-refractivity contribution is 0.186. The maximum Gasteiger partial charge on any atom is 0.318 e. The van der Waals surface area contributed by atoms with Crippen LogP contribution in [0.5, 0.6) is 6.01 Å². The fourth-order valence-corrected chi connectivity index (χ4v) is 13.8. The van der Waals surface area contributed by atoms with E-state index < -0.39 is 8.32 Å². The molecule has 2 saturated heterocycles. The maximum atomic E-state index is 9.49. The van der Waals surface area contributed by atoms with Gasteiger partial charge in [0.05, 0.1) is 30.8 Å². The first kappa shape index (κ1) is 37.1. The number of nitrogens with one attached hydrogen (secondary N) is 1. The van der Waals surface area contributed by atoms with Crippen LogP contribution < -0.4 is 30.2 Å². The van der Waals surface area contributed by atoms with Crippen LogP contribution in [0.1, 0.15) is 44.9 Å². The lowest BCUT2D eigenvalue weighted by atomic mass is 10.0. The van der Waals surface area contributed by atoms with Crippen molar-refractivity contribution < 1.29 is 9.16 Å². The summed E-state index contributed by atoms with van der Waals surface area (Å²) < 4.78 is 14.2. The second-order valence-electron chi connectivity index (χ2n) is 16.4. The second-order valence-corrected chi connectivity index (χ2v) is 20.7. The molecule has 8 rings (SSSR count). The fraction of sp³-hybridized carbons (Fsp3) is 0.400. The van der Waals surface area contributed by atoms with Crippen molar-refractivity contribution in [1.29, 1.82) is 5.26 Å². The Kier molecular flexibility index (Phi) is 10.6. The number of hydrogen-bond donors (Lipinski definition) is 1. The molecule has 0 saturated carbocycles. The molecule has 0 bridgehead atoms. The number of rotatable bonds is 10. The first-order chi connectivity index (χ1) is 26.7. The van der Waals surface area contributed by atoms with Crippen molar-refractivity contribution in [3.8, 4) is 12.1 Å². The average molecular weight is 752 g/mol. The lowest BCUT2D eigenvalue weighted by Crippen LogP contribution is -2.67. The SMILES string of the molecule is CN1C[C@H](O[Si](c2ccccc2)(c2ccccc2)C(C)(C)C)C[C@H]1COc1nc2c(c(N3CCN[C@@H](CC#N)C3)n1)CCN(c1cccc3ccccc13)C2. The molecule has 3 aliphatic rings. The van der Waals surface area contributed by atoms with Crippen LogP contribution in [0.4, 0.5) is 11.5 Å². The lowest BCUT2D eigenvalue weighted by Gasteiger charge is -2.44. The Morgan fingerprint density at radius 3 is 2.29 bits per heavy atom. The topological polar surface area (TPSA) is 89.8 Å². The zero-order valence-corrected chi connectivity index (χ0v) is 33.6. The quantitative estimate of drug-likeness (QED) is 0.175. The Balaban J connectivity index is 1.06. The van der Waals surface area contributed by atoms with Gasteiger partial charge in [0, 0.05) is 61.4 Å². The van der Waals surface area contributed by atoms with E-state index in [9.17, 15) is 5.26 Å². The highest BCUT2D eigenvalue weighted by molar-refractivity contribution is 6.99. The van der Waals surface area contributed by atoms with Crippen molar-refractivity contribution in [1.82, 2.24) is 20.2 Å². The predicted molar refractivity (Wildman–Crippen MR) is 224 cm³/mol. The van der Waals surface area contributed by atoms with Gasteiger partial charge in [0.25, 0.3) is 8.32 Å². The van der Waals surface area contributed by atoms with Gasteiger partial charge in [-0.2, -0.15) is 15.2 Å². The Bertz CT molecular complexity index is 2090. The van der Waals surface area contributed by atoms with E-state index in [-0.39, 0.29) is 23.2 Å². The minimum Gasteiger partial charge on any atom is -0.462 e. The van der Waals surface area contributed by atoms with Crippen LogP contribution in [-0.2, 0) is 17.4 Å². The van der Waals surface area contributed by atoms with E-state index >= 15 is 0 Å². The third-order valence-electron chi connectivity index (χ3n) is 11.8. The molecule has 3 atom stereocenters. The Hall–Kier alpha value is -4.79. The number of likely N-dealkylation sites (tertiary alicyclic amines) is 1. The molecule has 0 aliphatic carbocycles. The zero-order chi connectivity index (χ0) is 38.0. The van der Waals surface area contributed by atoms with Crippen LogP contribution in [0.3, 0.4) is 0 Å². The third kappa shape index (κ3) is 7.46. The van der Waals surface area contributed by atoms with E-state index in [0.29, 0.717) is 25.6 Å². The summed E-state index contributed by atoms with van der Waals surface area (Å²) in [6.07, 6.45) is 2.22. The van der Waals surface area contributed by atoms with E-state index in [1.165, 1.54) is 32.4 Å². The van der Waals surface area contributed by atoms with Gasteiger partial charge in [-0.3, -0.25) is 4.90 Å². The van der Waals surface area contributed by atoms with Crippen LogP contribution in [-0.4, -0.2) is 87.8 Å². The first-order valence-corrected chi connectivity index (χ1v) is 21.7. The van der Waals surface area contributed by atoms with Crippen LogP contribution in [0.15, 0.2) is 103 Å². The number of likely N-dealkylation sites (N-methyl/N-ethyl adjacent to an activating group) is 1. The minimum absolute atomic E-state index is 0.0529. The highest BCUT2D eigenvalue weighted by Crippen LogP contribution is 2.39. The number of fused-ring (bicyclic) bond motifs is 2. The molecule has 0 spiro atoms. The maximum absolute atomic E-state index is 9.49. The van der Waals surface area contributed by atoms with E-state index in [4.69, 9.17) is 19.1 Å². The van der Waals surface area contributed by atoms with Crippen molar-refractivity contribution >= 4 is 41.0 Å². The van der Waals surface area contributed by atoms with Crippen molar-refractivity contribution in [3.05, 3.63) is 114 Å². The standard InChI is InChI=1S/C45H53N7O2Si/c1-45(2,3)55(37-16-7-5-8-17-37,38-18-9-6-10-19-38)54-36-28-35(50(4)30-36)32-53-44-48-41-31-51(42-21-13-15-33-14-11-12-20-39(33)42)26-23-40(41)43(49-44)52-27-25-47-34(29-52)22-24-46/h5-21,34-36,47H,22-23,25-32H2,1-4H3/t34-,35-,36+/m0/s1. The van der Waals surface area contributed by atoms with Gasteiger partial charge in [-0.15, -0.1) is 0 Å². The molecular formula is C45H53N7O2Si.